The van der Waals surface area contributed by atoms with Crippen LogP contribution in [0.15, 0.2) is 24.3 Å². The Morgan fingerprint density at radius 3 is 3.07 bits per heavy atom. The van der Waals surface area contributed by atoms with Crippen LogP contribution >= 0.6 is 0 Å². The van der Waals surface area contributed by atoms with E-state index in [0.29, 0.717) is 13.0 Å². The van der Waals surface area contributed by atoms with Crippen LogP contribution in [0.25, 0.3) is 10.9 Å². The van der Waals surface area contributed by atoms with Gasteiger partial charge in [0.05, 0.1) is 13.7 Å². The van der Waals surface area contributed by atoms with Crippen molar-refractivity contribution in [3.63, 3.8) is 0 Å². The van der Waals surface area contributed by atoms with Gasteiger partial charge in [0.25, 0.3) is 0 Å². The van der Waals surface area contributed by atoms with Crippen molar-refractivity contribution < 1.29 is 9.53 Å². The third-order valence-corrected chi connectivity index (χ3v) is 2.26. The molecular weight excluding hydrogens is 192 g/mol. The SMILES string of the molecule is COc1ccc2[nH]c(CNC=O)cc2c1. The molecule has 0 saturated carbocycles. The number of benzene rings is 1. The molecule has 1 heterocycles. The summed E-state index contributed by atoms with van der Waals surface area (Å²) in [4.78, 5) is 13.4. The van der Waals surface area contributed by atoms with Crippen LogP contribution in [0.3, 0.4) is 0 Å². The lowest BCUT2D eigenvalue weighted by Crippen LogP contribution is -2.09. The van der Waals surface area contributed by atoms with Gasteiger partial charge >= 0.3 is 0 Å². The molecule has 0 aliphatic rings. The number of carbonyl (C=O) groups is 1. The molecule has 2 aromatic rings. The van der Waals surface area contributed by atoms with Crippen LogP contribution in [0, 0.1) is 0 Å². The maximum atomic E-state index is 10.1. The Hall–Kier alpha value is -1.97. The number of rotatable bonds is 4. The summed E-state index contributed by atoms with van der Waals surface area (Å²) in [7, 11) is 1.64. The maximum Gasteiger partial charge on any atom is 0.207 e. The van der Waals surface area contributed by atoms with E-state index in [1.807, 2.05) is 24.3 Å². The molecule has 1 aromatic heterocycles. The van der Waals surface area contributed by atoms with E-state index < -0.39 is 0 Å². The van der Waals surface area contributed by atoms with Gasteiger partial charge in [0.1, 0.15) is 5.75 Å². The number of aromatic amines is 1. The number of aromatic nitrogens is 1. The minimum Gasteiger partial charge on any atom is -0.497 e. The quantitative estimate of drug-likeness (QED) is 0.740. The number of methoxy groups -OCH3 is 1. The van der Waals surface area contributed by atoms with E-state index in [9.17, 15) is 4.79 Å². The highest BCUT2D eigenvalue weighted by atomic mass is 16.5. The second-order valence-corrected chi connectivity index (χ2v) is 3.25. The first-order valence-corrected chi connectivity index (χ1v) is 4.66. The second-order valence-electron chi connectivity index (χ2n) is 3.25. The number of H-pyrrole nitrogens is 1. The van der Waals surface area contributed by atoms with Crippen LogP contribution in [-0.2, 0) is 11.3 Å². The first-order chi connectivity index (χ1) is 7.33. The molecule has 15 heavy (non-hydrogen) atoms. The summed E-state index contributed by atoms with van der Waals surface area (Å²) in [6, 6.07) is 7.80. The molecule has 4 nitrogen and oxygen atoms in total. The first-order valence-electron chi connectivity index (χ1n) is 4.66. The minimum absolute atomic E-state index is 0.514. The Labute approximate surface area is 87.2 Å². The molecule has 0 radical (unpaired) electrons. The van der Waals surface area contributed by atoms with Crippen LogP contribution < -0.4 is 10.1 Å². The molecule has 0 aliphatic heterocycles. The topological polar surface area (TPSA) is 54.1 Å². The van der Waals surface area contributed by atoms with Gasteiger partial charge in [0, 0.05) is 16.6 Å². The molecule has 0 atom stereocenters. The van der Waals surface area contributed by atoms with Gasteiger partial charge in [-0.15, -0.1) is 0 Å². The molecule has 0 unspecified atom stereocenters. The van der Waals surface area contributed by atoms with Gasteiger partial charge in [-0.3, -0.25) is 4.79 Å². The Kier molecular flexibility index (Phi) is 2.58. The van der Waals surface area contributed by atoms with Gasteiger partial charge < -0.3 is 15.0 Å². The Morgan fingerprint density at radius 1 is 1.47 bits per heavy atom. The van der Waals surface area contributed by atoms with E-state index in [1.54, 1.807) is 7.11 Å². The third kappa shape index (κ3) is 1.93. The van der Waals surface area contributed by atoms with Crippen molar-refractivity contribution in [1.29, 1.82) is 0 Å². The standard InChI is InChI=1S/C11H12N2O2/c1-15-10-2-3-11-8(5-10)4-9(13-11)6-12-7-14/h2-5,7,13H,6H2,1H3,(H,12,14). The van der Waals surface area contributed by atoms with Crippen LogP contribution in [0.1, 0.15) is 5.69 Å². The minimum atomic E-state index is 0.514. The van der Waals surface area contributed by atoms with Crippen LogP contribution in [-0.4, -0.2) is 18.5 Å². The summed E-state index contributed by atoms with van der Waals surface area (Å²) in [5, 5.41) is 3.69. The fourth-order valence-corrected chi connectivity index (χ4v) is 1.54. The Balaban J connectivity index is 2.33. The van der Waals surface area contributed by atoms with Crippen molar-refractivity contribution in [3.05, 3.63) is 30.0 Å². The Bertz CT molecular complexity index is 476. The molecule has 0 saturated heterocycles. The average Bonchev–Trinajstić information content (AvgIpc) is 2.67. The zero-order chi connectivity index (χ0) is 10.7. The number of hydrogen-bond donors (Lipinski definition) is 2. The van der Waals surface area contributed by atoms with Crippen molar-refractivity contribution in [2.45, 2.75) is 6.54 Å². The Morgan fingerprint density at radius 2 is 2.33 bits per heavy atom. The zero-order valence-electron chi connectivity index (χ0n) is 8.41. The summed E-state index contributed by atoms with van der Waals surface area (Å²) >= 11 is 0. The molecule has 1 amide bonds. The molecule has 0 aliphatic carbocycles. The molecule has 0 fully saturated rings. The largest absolute Gasteiger partial charge is 0.497 e. The summed E-state index contributed by atoms with van der Waals surface area (Å²) in [6.07, 6.45) is 0.687. The summed E-state index contributed by atoms with van der Waals surface area (Å²) in [5.41, 5.74) is 2.02. The zero-order valence-corrected chi connectivity index (χ0v) is 8.41. The van der Waals surface area contributed by atoms with E-state index in [4.69, 9.17) is 4.74 Å². The molecule has 2 N–H and O–H groups in total. The number of nitrogens with one attached hydrogen (secondary N) is 2. The predicted molar refractivity (Wildman–Crippen MR) is 57.8 cm³/mol. The van der Waals surface area contributed by atoms with E-state index in [0.717, 1.165) is 22.3 Å². The van der Waals surface area contributed by atoms with Crippen molar-refractivity contribution in [3.8, 4) is 5.75 Å². The van der Waals surface area contributed by atoms with Crippen molar-refractivity contribution in [2.75, 3.05) is 7.11 Å². The van der Waals surface area contributed by atoms with Gasteiger partial charge in [-0.1, -0.05) is 0 Å². The molecule has 4 heteroatoms. The monoisotopic (exact) mass is 204 g/mol. The second kappa shape index (κ2) is 4.04. The highest BCUT2D eigenvalue weighted by Gasteiger charge is 2.01. The van der Waals surface area contributed by atoms with Crippen LogP contribution in [0.5, 0.6) is 5.75 Å². The fraction of sp³-hybridized carbons (Fsp3) is 0.182. The lowest BCUT2D eigenvalue weighted by atomic mass is 10.2. The molecular formula is C11H12N2O2. The predicted octanol–water partition coefficient (Wildman–Crippen LogP) is 1.42. The fourth-order valence-electron chi connectivity index (χ4n) is 1.54. The number of carbonyl (C=O) groups excluding carboxylic acids is 1. The van der Waals surface area contributed by atoms with Gasteiger partial charge in [0.2, 0.25) is 6.41 Å². The van der Waals surface area contributed by atoms with E-state index >= 15 is 0 Å². The van der Waals surface area contributed by atoms with E-state index in [2.05, 4.69) is 10.3 Å². The van der Waals surface area contributed by atoms with Gasteiger partial charge in [0.15, 0.2) is 0 Å². The summed E-state index contributed by atoms with van der Waals surface area (Å²) < 4.78 is 5.13. The molecule has 1 aromatic carbocycles. The lowest BCUT2D eigenvalue weighted by molar-refractivity contribution is -0.109. The average molecular weight is 204 g/mol. The number of ether oxygens (including phenoxy) is 1. The molecule has 0 bridgehead atoms. The molecule has 2 rings (SSSR count). The van der Waals surface area contributed by atoms with Crippen molar-refractivity contribution in [2.24, 2.45) is 0 Å². The van der Waals surface area contributed by atoms with Gasteiger partial charge in [-0.2, -0.15) is 0 Å². The van der Waals surface area contributed by atoms with E-state index in [1.165, 1.54) is 0 Å². The normalized spacial score (nSPS) is 10.2. The summed E-state index contributed by atoms with van der Waals surface area (Å²) in [6.45, 7) is 0.514. The lowest BCUT2D eigenvalue weighted by Gasteiger charge is -1.97. The summed E-state index contributed by atoms with van der Waals surface area (Å²) in [5.74, 6) is 0.830. The third-order valence-electron chi connectivity index (χ3n) is 2.26. The molecule has 0 spiro atoms. The smallest absolute Gasteiger partial charge is 0.207 e. The van der Waals surface area contributed by atoms with Crippen molar-refractivity contribution in [1.82, 2.24) is 10.3 Å². The van der Waals surface area contributed by atoms with Gasteiger partial charge in [-0.25, -0.2) is 0 Å². The highest BCUT2D eigenvalue weighted by Crippen LogP contribution is 2.21. The number of fused-ring (bicyclic) bond motifs is 1. The number of amides is 1. The first kappa shape index (κ1) is 9.58. The van der Waals surface area contributed by atoms with Crippen LogP contribution in [0.2, 0.25) is 0 Å². The maximum absolute atomic E-state index is 10.1. The number of hydrogen-bond acceptors (Lipinski definition) is 2. The van der Waals surface area contributed by atoms with E-state index in [-0.39, 0.29) is 0 Å². The highest BCUT2D eigenvalue weighted by molar-refractivity contribution is 5.81. The van der Waals surface area contributed by atoms with Gasteiger partial charge in [-0.05, 0) is 24.3 Å². The van der Waals surface area contributed by atoms with Crippen LogP contribution in [0.4, 0.5) is 0 Å². The van der Waals surface area contributed by atoms with Crippen molar-refractivity contribution >= 4 is 17.3 Å². The molecule has 78 valence electrons.